The fraction of sp³-hybridized carbons (Fsp3) is 0.750. The molecule has 0 aromatic carbocycles. The van der Waals surface area contributed by atoms with E-state index in [4.69, 9.17) is 0 Å². The number of amides is 1. The number of nitrogens with zero attached hydrogens (tertiary/aromatic N) is 4. The highest BCUT2D eigenvalue weighted by Crippen LogP contribution is 2.10. The lowest BCUT2D eigenvalue weighted by Gasteiger charge is -2.08. The number of aromatic nitrogens is 4. The third kappa shape index (κ3) is 3.94. The van der Waals surface area contributed by atoms with Gasteiger partial charge in [-0.2, -0.15) is 0 Å². The summed E-state index contributed by atoms with van der Waals surface area (Å²) in [6.07, 6.45) is 4.54. The maximum Gasteiger partial charge on any atom is 0.257 e. The van der Waals surface area contributed by atoms with Gasteiger partial charge in [-0.15, -0.1) is 15.0 Å². The molecule has 0 saturated carbocycles. The molecule has 1 amide bonds. The molecule has 0 radical (unpaired) electrons. The minimum atomic E-state index is -0.582. The maximum atomic E-state index is 11.5. The van der Waals surface area contributed by atoms with E-state index in [1.165, 1.54) is 11.1 Å². The van der Waals surface area contributed by atoms with Gasteiger partial charge in [0.2, 0.25) is 4.95 Å². The molecule has 0 aliphatic heterocycles. The van der Waals surface area contributed by atoms with Crippen molar-refractivity contribution >= 4 is 21.8 Å². The van der Waals surface area contributed by atoms with E-state index >= 15 is 0 Å². The van der Waals surface area contributed by atoms with Crippen LogP contribution in [-0.4, -0.2) is 32.7 Å². The van der Waals surface area contributed by atoms with E-state index in [0.717, 1.165) is 19.3 Å². The van der Waals surface area contributed by atoms with Crippen LogP contribution in [0.25, 0.3) is 0 Å². The molecule has 0 aliphatic rings. The molecule has 0 spiro atoms. The molecule has 1 heterocycles. The molecule has 0 fully saturated rings. The molecule has 15 heavy (non-hydrogen) atoms. The van der Waals surface area contributed by atoms with Crippen molar-refractivity contribution in [3.63, 3.8) is 0 Å². The van der Waals surface area contributed by atoms with Crippen LogP contribution < -0.4 is 5.32 Å². The van der Waals surface area contributed by atoms with E-state index in [-0.39, 0.29) is 5.91 Å². The Balaban J connectivity index is 2.28. The average molecular weight is 276 g/mol. The number of nitrogens with one attached hydrogen (secondary N) is 1. The van der Waals surface area contributed by atoms with Gasteiger partial charge in [-0.1, -0.05) is 35.7 Å². The monoisotopic (exact) mass is 275 g/mol. The van der Waals surface area contributed by atoms with Crippen LogP contribution in [0.4, 0.5) is 0 Å². The topological polar surface area (TPSA) is 72.7 Å². The second-order valence-electron chi connectivity index (χ2n) is 3.09. The number of rotatable bonds is 6. The molecular weight excluding hydrogens is 262 g/mol. The van der Waals surface area contributed by atoms with E-state index in [1.807, 2.05) is 0 Å². The number of unbranched alkanes of at least 4 members (excludes halogenated alkanes) is 2. The molecule has 7 heteroatoms. The standard InChI is InChI=1S/C8H14BrN5O/c1-2-3-4-5-10-8(15)7(9)14-12-6-11-13-14/h6-7H,2-5H2,1H3,(H,10,15). The van der Waals surface area contributed by atoms with Gasteiger partial charge in [-0.25, -0.2) is 0 Å². The summed E-state index contributed by atoms with van der Waals surface area (Å²) in [6.45, 7) is 2.80. The highest BCUT2D eigenvalue weighted by Gasteiger charge is 2.17. The van der Waals surface area contributed by atoms with Crippen molar-refractivity contribution < 1.29 is 4.79 Å². The lowest BCUT2D eigenvalue weighted by molar-refractivity contribution is -0.122. The van der Waals surface area contributed by atoms with Crippen molar-refractivity contribution in [3.8, 4) is 0 Å². The predicted octanol–water partition coefficient (Wildman–Crippen LogP) is 0.873. The van der Waals surface area contributed by atoms with Crippen molar-refractivity contribution in [1.82, 2.24) is 25.5 Å². The number of tetrazole rings is 1. The Morgan fingerprint density at radius 1 is 1.60 bits per heavy atom. The Labute approximate surface area is 96.5 Å². The van der Waals surface area contributed by atoms with Crippen LogP contribution in [0.3, 0.4) is 0 Å². The summed E-state index contributed by atoms with van der Waals surface area (Å²) < 4.78 is 0. The van der Waals surface area contributed by atoms with Gasteiger partial charge in [0, 0.05) is 6.54 Å². The van der Waals surface area contributed by atoms with E-state index < -0.39 is 4.95 Å². The molecule has 0 aliphatic carbocycles. The van der Waals surface area contributed by atoms with Crippen LogP contribution in [0, 0.1) is 0 Å². The fourth-order valence-electron chi connectivity index (χ4n) is 1.05. The Bertz CT molecular complexity index is 289. The SMILES string of the molecule is CCCCCNC(=O)C(Br)n1ncnn1. The number of hydrogen-bond donors (Lipinski definition) is 1. The van der Waals surface area contributed by atoms with Crippen molar-refractivity contribution in [3.05, 3.63) is 6.33 Å². The summed E-state index contributed by atoms with van der Waals surface area (Å²) in [7, 11) is 0. The predicted molar refractivity (Wildman–Crippen MR) is 58.3 cm³/mol. The molecule has 6 nitrogen and oxygen atoms in total. The van der Waals surface area contributed by atoms with Gasteiger partial charge in [0.1, 0.15) is 0 Å². The van der Waals surface area contributed by atoms with E-state index in [1.54, 1.807) is 0 Å². The van der Waals surface area contributed by atoms with Gasteiger partial charge in [-0.05, 0) is 11.6 Å². The highest BCUT2D eigenvalue weighted by molar-refractivity contribution is 9.09. The number of halogens is 1. The number of alkyl halides is 1. The van der Waals surface area contributed by atoms with Crippen molar-refractivity contribution in [2.45, 2.75) is 31.1 Å². The third-order valence-electron chi connectivity index (χ3n) is 1.86. The van der Waals surface area contributed by atoms with Gasteiger partial charge < -0.3 is 5.32 Å². The largest absolute Gasteiger partial charge is 0.353 e. The molecular formula is C8H14BrN5O. The second-order valence-corrected chi connectivity index (χ2v) is 3.96. The fourth-order valence-corrected chi connectivity index (χ4v) is 1.40. The number of hydrogen-bond acceptors (Lipinski definition) is 4. The van der Waals surface area contributed by atoms with Crippen molar-refractivity contribution in [2.24, 2.45) is 0 Å². The van der Waals surface area contributed by atoms with Gasteiger partial charge in [0.05, 0.1) is 0 Å². The van der Waals surface area contributed by atoms with E-state index in [9.17, 15) is 4.79 Å². The quantitative estimate of drug-likeness (QED) is 0.618. The summed E-state index contributed by atoms with van der Waals surface area (Å²) in [5, 5.41) is 13.7. The lowest BCUT2D eigenvalue weighted by atomic mass is 10.2. The molecule has 1 atom stereocenters. The summed E-state index contributed by atoms with van der Waals surface area (Å²) in [5.74, 6) is -0.149. The first-order valence-electron chi connectivity index (χ1n) is 4.90. The molecule has 1 unspecified atom stereocenters. The van der Waals surface area contributed by atoms with E-state index in [2.05, 4.69) is 43.6 Å². The summed E-state index contributed by atoms with van der Waals surface area (Å²) in [4.78, 5) is 12.2. The smallest absolute Gasteiger partial charge is 0.257 e. The Morgan fingerprint density at radius 3 is 3.00 bits per heavy atom. The normalized spacial score (nSPS) is 12.4. The second kappa shape index (κ2) is 6.49. The Kier molecular flexibility index (Phi) is 5.23. The molecule has 1 aromatic heterocycles. The third-order valence-corrected chi connectivity index (χ3v) is 2.65. The summed E-state index contributed by atoms with van der Waals surface area (Å²) in [5.41, 5.74) is 0. The Morgan fingerprint density at radius 2 is 2.40 bits per heavy atom. The van der Waals surface area contributed by atoms with Crippen molar-refractivity contribution in [2.75, 3.05) is 6.54 Å². The molecule has 0 saturated heterocycles. The molecule has 1 aromatic rings. The molecule has 1 rings (SSSR count). The van der Waals surface area contributed by atoms with E-state index in [0.29, 0.717) is 6.54 Å². The zero-order chi connectivity index (χ0) is 11.1. The van der Waals surface area contributed by atoms with Gasteiger partial charge >= 0.3 is 0 Å². The maximum absolute atomic E-state index is 11.5. The van der Waals surface area contributed by atoms with Gasteiger partial charge in [-0.3, -0.25) is 4.79 Å². The first-order valence-corrected chi connectivity index (χ1v) is 5.81. The Hall–Kier alpha value is -0.980. The summed E-state index contributed by atoms with van der Waals surface area (Å²) >= 11 is 3.19. The zero-order valence-corrected chi connectivity index (χ0v) is 10.1. The van der Waals surface area contributed by atoms with Crippen LogP contribution in [0.5, 0.6) is 0 Å². The number of carbonyl (C=O) groups is 1. The highest BCUT2D eigenvalue weighted by atomic mass is 79.9. The van der Waals surface area contributed by atoms with Crippen LogP contribution in [0.2, 0.25) is 0 Å². The minimum Gasteiger partial charge on any atom is -0.353 e. The van der Waals surface area contributed by atoms with Crippen molar-refractivity contribution in [1.29, 1.82) is 0 Å². The summed E-state index contributed by atoms with van der Waals surface area (Å²) in [6, 6.07) is 0. The minimum absolute atomic E-state index is 0.149. The van der Waals surface area contributed by atoms with Gasteiger partial charge in [0.25, 0.3) is 5.91 Å². The molecule has 0 bridgehead atoms. The van der Waals surface area contributed by atoms with Gasteiger partial charge in [0.15, 0.2) is 6.33 Å². The molecule has 1 N–H and O–H groups in total. The van der Waals surface area contributed by atoms with Crippen LogP contribution in [0.1, 0.15) is 31.1 Å². The average Bonchev–Trinajstić information content (AvgIpc) is 2.76. The van der Waals surface area contributed by atoms with Crippen LogP contribution >= 0.6 is 15.9 Å². The number of carbonyl (C=O) groups excluding carboxylic acids is 1. The molecule has 84 valence electrons. The zero-order valence-electron chi connectivity index (χ0n) is 8.56. The first kappa shape index (κ1) is 12.1. The van der Waals surface area contributed by atoms with Crippen LogP contribution in [-0.2, 0) is 4.79 Å². The first-order chi connectivity index (χ1) is 7.25. The lowest BCUT2D eigenvalue weighted by Crippen LogP contribution is -2.31. The van der Waals surface area contributed by atoms with Crippen LogP contribution in [0.15, 0.2) is 6.33 Å².